The average molecular weight is 290 g/mol. The first-order valence-corrected chi connectivity index (χ1v) is 6.37. The number of ether oxygens (including phenoxy) is 1. The summed E-state index contributed by atoms with van der Waals surface area (Å²) in [4.78, 5) is 33.4. The normalized spacial score (nSPS) is 10.3. The quantitative estimate of drug-likeness (QED) is 0.496. The number of carboxylic acid groups (broad SMARTS) is 2. The average Bonchev–Trinajstić information content (AvgIpc) is 2.30. The van der Waals surface area contributed by atoms with Crippen LogP contribution in [0.15, 0.2) is 0 Å². The van der Waals surface area contributed by atoms with Crippen LogP contribution in [0.2, 0.25) is 0 Å². The smallest absolute Gasteiger partial charge is 0.323 e. The van der Waals surface area contributed by atoms with Gasteiger partial charge < -0.3 is 25.2 Å². The third-order valence-electron chi connectivity index (χ3n) is 2.13. The standard InChI is InChI=1S/C12H22N2O6/c1-9(2)8-20-5-3-4-13-12(19)14(6-10(15)16)7-11(17)18/h9H,3-8H2,1-2H3,(H,13,19)(H,15,16)(H,17,18). The SMILES string of the molecule is CC(C)COCCCNC(=O)N(CC(=O)O)CC(=O)O. The lowest BCUT2D eigenvalue weighted by Crippen LogP contribution is -2.45. The van der Waals surface area contributed by atoms with Gasteiger partial charge in [-0.2, -0.15) is 0 Å². The highest BCUT2D eigenvalue weighted by Gasteiger charge is 2.18. The molecule has 0 aromatic heterocycles. The van der Waals surface area contributed by atoms with Crippen LogP contribution in [0, 0.1) is 5.92 Å². The van der Waals surface area contributed by atoms with Crippen LogP contribution in [0.25, 0.3) is 0 Å². The van der Waals surface area contributed by atoms with Gasteiger partial charge in [-0.25, -0.2) is 4.79 Å². The predicted octanol–water partition coefficient (Wildman–Crippen LogP) is 0.230. The molecule has 0 aromatic rings. The summed E-state index contributed by atoms with van der Waals surface area (Å²) in [7, 11) is 0. The van der Waals surface area contributed by atoms with Crippen molar-refractivity contribution in [3.8, 4) is 0 Å². The lowest BCUT2D eigenvalue weighted by molar-refractivity contribution is -0.140. The van der Waals surface area contributed by atoms with Crippen LogP contribution in [-0.4, -0.2) is 65.9 Å². The first-order valence-electron chi connectivity index (χ1n) is 6.37. The van der Waals surface area contributed by atoms with Crippen LogP contribution < -0.4 is 5.32 Å². The highest BCUT2D eigenvalue weighted by atomic mass is 16.5. The van der Waals surface area contributed by atoms with E-state index in [4.69, 9.17) is 14.9 Å². The lowest BCUT2D eigenvalue weighted by atomic mass is 10.2. The third kappa shape index (κ3) is 10.1. The molecule has 0 unspecified atom stereocenters. The minimum atomic E-state index is -1.26. The van der Waals surface area contributed by atoms with Gasteiger partial charge in [0.1, 0.15) is 13.1 Å². The Morgan fingerprint density at radius 2 is 1.70 bits per heavy atom. The largest absolute Gasteiger partial charge is 0.480 e. The second-order valence-corrected chi connectivity index (χ2v) is 4.70. The highest BCUT2D eigenvalue weighted by molar-refractivity contribution is 5.84. The van der Waals surface area contributed by atoms with E-state index in [-0.39, 0.29) is 0 Å². The van der Waals surface area contributed by atoms with Crippen LogP contribution in [0.4, 0.5) is 4.79 Å². The van der Waals surface area contributed by atoms with Gasteiger partial charge in [0.15, 0.2) is 0 Å². The second kappa shape index (κ2) is 10.0. The molecule has 0 radical (unpaired) electrons. The van der Waals surface area contributed by atoms with Crippen LogP contribution in [-0.2, 0) is 14.3 Å². The van der Waals surface area contributed by atoms with E-state index in [0.29, 0.717) is 32.1 Å². The molecule has 8 nitrogen and oxygen atoms in total. The molecule has 0 bridgehead atoms. The first-order chi connectivity index (χ1) is 9.32. The second-order valence-electron chi connectivity index (χ2n) is 4.70. The number of carboxylic acids is 2. The molecule has 20 heavy (non-hydrogen) atoms. The molecule has 0 aliphatic heterocycles. The van der Waals surface area contributed by atoms with Gasteiger partial charge in [-0.1, -0.05) is 13.8 Å². The molecule has 0 rings (SSSR count). The molecule has 0 saturated carbocycles. The Morgan fingerprint density at radius 1 is 1.15 bits per heavy atom. The van der Waals surface area contributed by atoms with Crippen molar-refractivity contribution in [2.45, 2.75) is 20.3 Å². The predicted molar refractivity (Wildman–Crippen MR) is 70.5 cm³/mol. The Balaban J connectivity index is 3.94. The highest BCUT2D eigenvalue weighted by Crippen LogP contribution is 1.94. The van der Waals surface area contributed by atoms with Crippen molar-refractivity contribution in [3.63, 3.8) is 0 Å². The van der Waals surface area contributed by atoms with Crippen LogP contribution >= 0.6 is 0 Å². The Bertz CT molecular complexity index is 316. The molecule has 3 N–H and O–H groups in total. The minimum absolute atomic E-state index is 0.298. The molecule has 0 saturated heterocycles. The summed E-state index contributed by atoms with van der Waals surface area (Å²) in [5.74, 6) is -2.09. The summed E-state index contributed by atoms with van der Waals surface area (Å²) in [6.07, 6.45) is 0.576. The maximum atomic E-state index is 11.6. The maximum absolute atomic E-state index is 11.6. The molecule has 0 fully saturated rings. The fraction of sp³-hybridized carbons (Fsp3) is 0.750. The Morgan fingerprint density at radius 3 is 2.15 bits per heavy atom. The van der Waals surface area contributed by atoms with Gasteiger partial charge in [0, 0.05) is 19.8 Å². The number of hydrogen-bond acceptors (Lipinski definition) is 4. The minimum Gasteiger partial charge on any atom is -0.480 e. The molecular weight excluding hydrogens is 268 g/mol. The molecular formula is C12H22N2O6. The van der Waals surface area contributed by atoms with E-state index in [2.05, 4.69) is 5.32 Å². The zero-order valence-corrected chi connectivity index (χ0v) is 11.8. The van der Waals surface area contributed by atoms with E-state index < -0.39 is 31.1 Å². The number of amides is 2. The van der Waals surface area contributed by atoms with Gasteiger partial charge in [-0.15, -0.1) is 0 Å². The maximum Gasteiger partial charge on any atom is 0.323 e. The van der Waals surface area contributed by atoms with Gasteiger partial charge in [-0.3, -0.25) is 9.59 Å². The van der Waals surface area contributed by atoms with Gasteiger partial charge >= 0.3 is 18.0 Å². The number of nitrogens with one attached hydrogen (secondary N) is 1. The molecule has 0 spiro atoms. The van der Waals surface area contributed by atoms with Crippen LogP contribution in [0.5, 0.6) is 0 Å². The zero-order valence-electron chi connectivity index (χ0n) is 11.8. The van der Waals surface area contributed by atoms with E-state index >= 15 is 0 Å². The molecule has 0 aromatic carbocycles. The fourth-order valence-corrected chi connectivity index (χ4v) is 1.33. The molecule has 2 amide bonds. The first kappa shape index (κ1) is 18.2. The summed E-state index contributed by atoms with van der Waals surface area (Å²) in [5.41, 5.74) is 0. The zero-order chi connectivity index (χ0) is 15.5. The third-order valence-corrected chi connectivity index (χ3v) is 2.13. The number of urea groups is 1. The van der Waals surface area contributed by atoms with Crippen molar-refractivity contribution < 1.29 is 29.3 Å². The lowest BCUT2D eigenvalue weighted by Gasteiger charge is -2.19. The fourth-order valence-electron chi connectivity index (χ4n) is 1.33. The summed E-state index contributed by atoms with van der Waals surface area (Å²) in [6, 6.07) is -0.710. The van der Waals surface area contributed by atoms with Crippen molar-refractivity contribution in [2.24, 2.45) is 5.92 Å². The van der Waals surface area contributed by atoms with E-state index in [9.17, 15) is 14.4 Å². The van der Waals surface area contributed by atoms with Gasteiger partial charge in [0.25, 0.3) is 0 Å². The summed E-state index contributed by atoms with van der Waals surface area (Å²) < 4.78 is 5.31. The number of carbonyl (C=O) groups is 3. The van der Waals surface area contributed by atoms with Gasteiger partial charge in [0.2, 0.25) is 0 Å². The number of hydrogen-bond donors (Lipinski definition) is 3. The Kier molecular flexibility index (Phi) is 9.10. The molecule has 0 aliphatic rings. The number of aliphatic carboxylic acids is 2. The van der Waals surface area contributed by atoms with Crippen molar-refractivity contribution >= 4 is 18.0 Å². The molecule has 8 heteroatoms. The summed E-state index contributed by atoms with van der Waals surface area (Å²) in [5, 5.41) is 19.7. The number of carbonyl (C=O) groups excluding carboxylic acids is 1. The van der Waals surface area contributed by atoms with E-state index in [1.165, 1.54) is 0 Å². The topological polar surface area (TPSA) is 116 Å². The number of rotatable bonds is 10. The molecule has 0 heterocycles. The summed E-state index contributed by atoms with van der Waals surface area (Å²) in [6.45, 7) is 4.17. The monoisotopic (exact) mass is 290 g/mol. The summed E-state index contributed by atoms with van der Waals surface area (Å²) >= 11 is 0. The Hall–Kier alpha value is -1.83. The molecule has 116 valence electrons. The van der Waals surface area contributed by atoms with Crippen molar-refractivity contribution in [1.82, 2.24) is 10.2 Å². The van der Waals surface area contributed by atoms with Crippen molar-refractivity contribution in [3.05, 3.63) is 0 Å². The van der Waals surface area contributed by atoms with Crippen molar-refractivity contribution in [1.29, 1.82) is 0 Å². The van der Waals surface area contributed by atoms with E-state index in [1.807, 2.05) is 13.8 Å². The van der Waals surface area contributed by atoms with E-state index in [1.54, 1.807) is 0 Å². The van der Waals surface area contributed by atoms with E-state index in [0.717, 1.165) is 4.90 Å². The van der Waals surface area contributed by atoms with Gasteiger partial charge in [0.05, 0.1) is 0 Å². The van der Waals surface area contributed by atoms with Gasteiger partial charge in [-0.05, 0) is 12.3 Å². The number of nitrogens with zero attached hydrogens (tertiary/aromatic N) is 1. The van der Waals surface area contributed by atoms with Crippen LogP contribution in [0.1, 0.15) is 20.3 Å². The molecule has 0 atom stereocenters. The Labute approximate surface area is 117 Å². The molecule has 0 aliphatic carbocycles. The van der Waals surface area contributed by atoms with Crippen LogP contribution in [0.3, 0.4) is 0 Å². The van der Waals surface area contributed by atoms with Crippen molar-refractivity contribution in [2.75, 3.05) is 32.8 Å².